The summed E-state index contributed by atoms with van der Waals surface area (Å²) in [6.07, 6.45) is 1.82. The Morgan fingerprint density at radius 1 is 1.29 bits per heavy atom. The van der Waals surface area contributed by atoms with Crippen molar-refractivity contribution in [2.45, 2.75) is 0 Å². The molecule has 0 aliphatic heterocycles. The van der Waals surface area contributed by atoms with Gasteiger partial charge in [0.2, 0.25) is 0 Å². The molecule has 5 nitrogen and oxygen atoms in total. The Labute approximate surface area is 125 Å². The number of carboxylic acids is 1. The zero-order valence-corrected chi connectivity index (χ0v) is 12.1. The Balaban J connectivity index is 2.31. The molecule has 0 bridgehead atoms. The molecule has 3 rings (SSSR count). The molecule has 0 saturated carbocycles. The second kappa shape index (κ2) is 5.06. The Morgan fingerprint density at radius 2 is 2.00 bits per heavy atom. The number of rotatable bonds is 3. The highest BCUT2D eigenvalue weighted by atomic mass is 32.1. The van der Waals surface area contributed by atoms with Gasteiger partial charge in [0.1, 0.15) is 16.3 Å². The average molecular weight is 299 g/mol. The van der Waals surface area contributed by atoms with Crippen LogP contribution in [0.3, 0.4) is 0 Å². The van der Waals surface area contributed by atoms with E-state index in [-0.39, 0.29) is 5.56 Å². The van der Waals surface area contributed by atoms with Crippen molar-refractivity contribution >= 4 is 22.3 Å². The van der Waals surface area contributed by atoms with E-state index >= 15 is 0 Å². The van der Waals surface area contributed by atoms with E-state index in [0.717, 1.165) is 16.1 Å². The predicted molar refractivity (Wildman–Crippen MR) is 83.3 cm³/mol. The Bertz CT molecular complexity index is 806. The van der Waals surface area contributed by atoms with E-state index in [1.165, 1.54) is 11.3 Å². The number of carboxylic acid groups (broad SMARTS) is 1. The minimum Gasteiger partial charge on any atom is -0.478 e. The second-order valence-electron chi connectivity index (χ2n) is 4.59. The first-order chi connectivity index (χ1) is 10.1. The summed E-state index contributed by atoms with van der Waals surface area (Å²) in [6, 6.07) is 11.2. The van der Waals surface area contributed by atoms with Gasteiger partial charge in [-0.15, -0.1) is 11.3 Å². The zero-order chi connectivity index (χ0) is 15.0. The topological polar surface area (TPSA) is 81.1 Å². The quantitative estimate of drug-likeness (QED) is 0.778. The third-order valence-corrected chi connectivity index (χ3v) is 4.20. The molecule has 0 spiro atoms. The number of nitrogens with zero attached hydrogens (tertiary/aromatic N) is 2. The van der Waals surface area contributed by atoms with Crippen LogP contribution in [0.25, 0.3) is 21.7 Å². The summed E-state index contributed by atoms with van der Waals surface area (Å²) in [4.78, 5) is 12.3. The number of hydrogen-bond acceptors (Lipinski definition) is 4. The normalized spacial score (nSPS) is 10.7. The molecule has 0 atom stereocenters. The molecule has 21 heavy (non-hydrogen) atoms. The number of carbonyl (C=O) groups is 1. The van der Waals surface area contributed by atoms with Crippen molar-refractivity contribution < 1.29 is 9.90 Å². The van der Waals surface area contributed by atoms with Crippen molar-refractivity contribution in [2.24, 2.45) is 7.05 Å². The fourth-order valence-electron chi connectivity index (χ4n) is 2.26. The Hall–Kier alpha value is -2.60. The fourth-order valence-corrected chi connectivity index (χ4v) is 3.30. The van der Waals surface area contributed by atoms with Crippen molar-refractivity contribution in [3.8, 4) is 21.7 Å². The van der Waals surface area contributed by atoms with E-state index in [2.05, 4.69) is 5.10 Å². The first-order valence-corrected chi connectivity index (χ1v) is 7.10. The van der Waals surface area contributed by atoms with Gasteiger partial charge >= 0.3 is 5.97 Å². The maximum atomic E-state index is 11.6. The molecule has 6 heteroatoms. The smallest absolute Gasteiger partial charge is 0.339 e. The Morgan fingerprint density at radius 3 is 2.57 bits per heavy atom. The second-order valence-corrected chi connectivity index (χ2v) is 5.64. The van der Waals surface area contributed by atoms with E-state index in [4.69, 9.17) is 5.73 Å². The minimum absolute atomic E-state index is 0.145. The number of aryl methyl sites for hydroxylation is 1. The Kier molecular flexibility index (Phi) is 3.23. The number of thiophene rings is 1. The van der Waals surface area contributed by atoms with Crippen LogP contribution in [0, 0.1) is 0 Å². The summed E-state index contributed by atoms with van der Waals surface area (Å²) < 4.78 is 1.68. The number of aromatic carboxylic acids is 1. The molecule has 0 aliphatic carbocycles. The van der Waals surface area contributed by atoms with Gasteiger partial charge in [-0.3, -0.25) is 4.68 Å². The molecular weight excluding hydrogens is 286 g/mol. The van der Waals surface area contributed by atoms with Crippen LogP contribution in [0.5, 0.6) is 0 Å². The van der Waals surface area contributed by atoms with Crippen molar-refractivity contribution in [3.63, 3.8) is 0 Å². The number of nitrogen functional groups attached to an aromatic ring is 1. The molecule has 0 fully saturated rings. The molecule has 0 aliphatic rings. The van der Waals surface area contributed by atoms with Gasteiger partial charge in [0.05, 0.1) is 4.88 Å². The van der Waals surface area contributed by atoms with Crippen LogP contribution in [-0.2, 0) is 7.05 Å². The lowest BCUT2D eigenvalue weighted by Gasteiger charge is -2.04. The van der Waals surface area contributed by atoms with Gasteiger partial charge in [-0.25, -0.2) is 4.79 Å². The van der Waals surface area contributed by atoms with Gasteiger partial charge < -0.3 is 10.8 Å². The summed E-state index contributed by atoms with van der Waals surface area (Å²) >= 11 is 1.25. The maximum Gasteiger partial charge on any atom is 0.339 e. The molecule has 2 heterocycles. The highest BCUT2D eigenvalue weighted by Gasteiger charge is 2.24. The molecule has 3 N–H and O–H groups in total. The van der Waals surface area contributed by atoms with E-state index < -0.39 is 5.97 Å². The largest absolute Gasteiger partial charge is 0.478 e. The molecule has 2 aromatic heterocycles. The molecule has 106 valence electrons. The molecule has 0 radical (unpaired) electrons. The summed E-state index contributed by atoms with van der Waals surface area (Å²) in [7, 11) is 1.82. The highest BCUT2D eigenvalue weighted by Crippen LogP contribution is 2.44. The van der Waals surface area contributed by atoms with E-state index in [0.29, 0.717) is 10.6 Å². The lowest BCUT2D eigenvalue weighted by Crippen LogP contribution is -2.00. The third-order valence-electron chi connectivity index (χ3n) is 3.16. The summed E-state index contributed by atoms with van der Waals surface area (Å²) in [5.41, 5.74) is 8.25. The van der Waals surface area contributed by atoms with E-state index in [1.54, 1.807) is 4.68 Å². The van der Waals surface area contributed by atoms with Gasteiger partial charge in [0.25, 0.3) is 0 Å². The third kappa shape index (κ3) is 2.30. The minimum atomic E-state index is -1.02. The van der Waals surface area contributed by atoms with E-state index in [9.17, 15) is 9.90 Å². The lowest BCUT2D eigenvalue weighted by molar-refractivity contribution is 0.0699. The fraction of sp³-hybridized carbons (Fsp3) is 0.0667. The molecular formula is C15H13N3O2S. The maximum absolute atomic E-state index is 11.6. The highest BCUT2D eigenvalue weighted by molar-refractivity contribution is 7.20. The van der Waals surface area contributed by atoms with Crippen molar-refractivity contribution in [1.29, 1.82) is 0 Å². The summed E-state index contributed by atoms with van der Waals surface area (Å²) in [5.74, 6) is -1.02. The first kappa shape index (κ1) is 13.4. The van der Waals surface area contributed by atoms with Crippen LogP contribution in [0.2, 0.25) is 0 Å². The average Bonchev–Trinajstić information content (AvgIpc) is 3.03. The lowest BCUT2D eigenvalue weighted by atomic mass is 10.00. The number of nitrogens with two attached hydrogens (primary N) is 1. The van der Waals surface area contributed by atoms with Crippen LogP contribution in [0.1, 0.15) is 10.4 Å². The van der Waals surface area contributed by atoms with Crippen molar-refractivity contribution in [2.75, 3.05) is 5.73 Å². The molecule has 0 saturated heterocycles. The van der Waals surface area contributed by atoms with Crippen LogP contribution < -0.4 is 5.73 Å². The monoisotopic (exact) mass is 299 g/mol. The van der Waals surface area contributed by atoms with Gasteiger partial charge in [-0.05, 0) is 11.6 Å². The molecule has 0 unspecified atom stereocenters. The number of hydrogen-bond donors (Lipinski definition) is 2. The van der Waals surface area contributed by atoms with Gasteiger partial charge in [0.15, 0.2) is 0 Å². The standard InChI is InChI=1S/C15H13N3O2S/c1-18-8-7-10(17-18)13-11(9-5-3-2-4-6-9)12(15(19)20)14(16)21-13/h2-8H,16H2,1H3,(H,19,20). The van der Waals surface area contributed by atoms with Crippen LogP contribution in [0.15, 0.2) is 42.6 Å². The first-order valence-electron chi connectivity index (χ1n) is 6.29. The van der Waals surface area contributed by atoms with E-state index in [1.807, 2.05) is 49.6 Å². The van der Waals surface area contributed by atoms with Crippen LogP contribution in [0.4, 0.5) is 5.00 Å². The van der Waals surface area contributed by atoms with Crippen LogP contribution in [-0.4, -0.2) is 20.9 Å². The van der Waals surface area contributed by atoms with Gasteiger partial charge in [-0.2, -0.15) is 5.10 Å². The number of benzene rings is 1. The van der Waals surface area contributed by atoms with Gasteiger partial charge in [-0.1, -0.05) is 30.3 Å². The SMILES string of the molecule is Cn1ccc(-c2sc(N)c(C(=O)O)c2-c2ccccc2)n1. The predicted octanol–water partition coefficient (Wildman–Crippen LogP) is 3.10. The van der Waals surface area contributed by atoms with Crippen molar-refractivity contribution in [1.82, 2.24) is 9.78 Å². The van der Waals surface area contributed by atoms with Crippen LogP contribution >= 0.6 is 11.3 Å². The van der Waals surface area contributed by atoms with Crippen molar-refractivity contribution in [3.05, 3.63) is 48.2 Å². The summed E-state index contributed by atoms with van der Waals surface area (Å²) in [6.45, 7) is 0. The molecule has 0 amide bonds. The number of aromatic nitrogens is 2. The summed E-state index contributed by atoms with van der Waals surface area (Å²) in [5, 5.41) is 14.1. The molecule has 3 aromatic rings. The molecule has 1 aromatic carbocycles. The number of anilines is 1. The zero-order valence-electron chi connectivity index (χ0n) is 11.3. The van der Waals surface area contributed by atoms with Gasteiger partial charge in [0, 0.05) is 18.8 Å².